The Balaban J connectivity index is 1.49. The second-order valence-electron chi connectivity index (χ2n) is 11.5. The molecule has 1 aliphatic heterocycles. The minimum Gasteiger partial charge on any atom is -0.383 e. The summed E-state index contributed by atoms with van der Waals surface area (Å²) in [7, 11) is 0. The highest BCUT2D eigenvalue weighted by Crippen LogP contribution is 2.35. The SMILES string of the molecule is CCn1cc(-c2cnc(N)c(-c3ccc(-c4c(C(N)=O)c(=O)c(-c5ccc(C)cc5)cn4CC4CCOCC4)cc3F)c2)cn1. The number of nitrogen functional groups attached to an aromatic ring is 1. The average molecular weight is 607 g/mol. The van der Waals surface area contributed by atoms with Gasteiger partial charge in [-0.2, -0.15) is 5.10 Å². The van der Waals surface area contributed by atoms with Gasteiger partial charge in [0.05, 0.1) is 11.9 Å². The van der Waals surface area contributed by atoms with Crippen molar-refractivity contribution in [2.75, 3.05) is 18.9 Å². The van der Waals surface area contributed by atoms with Gasteiger partial charge in [0.15, 0.2) is 0 Å². The predicted octanol–water partition coefficient (Wildman–Crippen LogP) is 5.68. The zero-order chi connectivity index (χ0) is 31.7. The van der Waals surface area contributed by atoms with Crippen LogP contribution in [0.1, 0.15) is 35.7 Å². The van der Waals surface area contributed by atoms with Gasteiger partial charge in [-0.15, -0.1) is 0 Å². The molecule has 1 amide bonds. The average Bonchev–Trinajstić information content (AvgIpc) is 3.52. The Hall–Kier alpha value is -5.09. The van der Waals surface area contributed by atoms with Gasteiger partial charge >= 0.3 is 0 Å². The number of primary amides is 1. The monoisotopic (exact) mass is 606 g/mol. The van der Waals surface area contributed by atoms with E-state index in [1.165, 1.54) is 6.07 Å². The lowest BCUT2D eigenvalue weighted by molar-refractivity contribution is 0.0613. The molecule has 0 aliphatic carbocycles. The lowest BCUT2D eigenvalue weighted by Gasteiger charge is -2.26. The number of hydrogen-bond donors (Lipinski definition) is 2. The molecule has 0 radical (unpaired) electrons. The normalized spacial score (nSPS) is 13.7. The van der Waals surface area contributed by atoms with E-state index in [0.717, 1.165) is 29.5 Å². The smallest absolute Gasteiger partial charge is 0.254 e. The number of amides is 1. The molecule has 0 unspecified atom stereocenters. The van der Waals surface area contributed by atoms with E-state index in [9.17, 15) is 9.59 Å². The fourth-order valence-corrected chi connectivity index (χ4v) is 5.91. The number of aromatic nitrogens is 4. The number of anilines is 1. The molecule has 230 valence electrons. The third-order valence-corrected chi connectivity index (χ3v) is 8.43. The van der Waals surface area contributed by atoms with Crippen molar-refractivity contribution in [3.63, 3.8) is 0 Å². The van der Waals surface area contributed by atoms with Gasteiger partial charge in [0, 0.05) is 78.3 Å². The highest BCUT2D eigenvalue weighted by molar-refractivity contribution is 6.00. The Morgan fingerprint density at radius 3 is 2.36 bits per heavy atom. The van der Waals surface area contributed by atoms with Crippen LogP contribution in [0.5, 0.6) is 0 Å². The van der Waals surface area contributed by atoms with E-state index in [2.05, 4.69) is 10.1 Å². The molecular weight excluding hydrogens is 571 g/mol. The Kier molecular flexibility index (Phi) is 8.32. The van der Waals surface area contributed by atoms with Crippen molar-refractivity contribution in [1.82, 2.24) is 19.3 Å². The molecule has 6 rings (SSSR count). The van der Waals surface area contributed by atoms with Crippen molar-refractivity contribution in [2.24, 2.45) is 11.7 Å². The summed E-state index contributed by atoms with van der Waals surface area (Å²) in [4.78, 5) is 31.2. The molecule has 2 aromatic carbocycles. The standard InChI is InChI=1S/C35H35FN6O3/c1-3-42-19-26(17-40-42)25-14-28(34(37)39-16-25)27-9-8-24(15-30(27)36)32-31(35(38)44)33(43)29(23-6-4-21(2)5-7-23)20-41(32)18-22-10-12-45-13-11-22/h4-9,14-17,19-20,22H,3,10-13,18H2,1-2H3,(H2,37,39)(H2,38,44). The number of ether oxygens (including phenoxy) is 1. The lowest BCUT2D eigenvalue weighted by Crippen LogP contribution is -2.29. The van der Waals surface area contributed by atoms with Crippen LogP contribution in [0.2, 0.25) is 0 Å². The third-order valence-electron chi connectivity index (χ3n) is 8.43. The summed E-state index contributed by atoms with van der Waals surface area (Å²) in [5, 5.41) is 4.32. The number of aryl methyl sites for hydroxylation is 2. The molecule has 0 saturated carbocycles. The molecule has 9 nitrogen and oxygen atoms in total. The Morgan fingerprint density at radius 2 is 1.69 bits per heavy atom. The summed E-state index contributed by atoms with van der Waals surface area (Å²) in [6.07, 6.45) is 8.65. The fourth-order valence-electron chi connectivity index (χ4n) is 5.91. The minimum atomic E-state index is -0.872. The van der Waals surface area contributed by atoms with Crippen LogP contribution >= 0.6 is 0 Å². The summed E-state index contributed by atoms with van der Waals surface area (Å²) >= 11 is 0. The van der Waals surface area contributed by atoms with Crippen LogP contribution in [0, 0.1) is 18.7 Å². The van der Waals surface area contributed by atoms with Crippen LogP contribution in [0.3, 0.4) is 0 Å². The quantitative estimate of drug-likeness (QED) is 0.234. The van der Waals surface area contributed by atoms with Crippen molar-refractivity contribution in [1.29, 1.82) is 0 Å². The summed E-state index contributed by atoms with van der Waals surface area (Å²) in [5.74, 6) is -1.04. The van der Waals surface area contributed by atoms with Gasteiger partial charge in [-0.05, 0) is 50.3 Å². The van der Waals surface area contributed by atoms with Crippen LogP contribution in [0.15, 0.2) is 78.1 Å². The van der Waals surface area contributed by atoms with E-state index in [-0.39, 0.29) is 28.6 Å². The molecule has 5 aromatic rings. The number of carbonyl (C=O) groups excluding carboxylic acids is 1. The number of pyridine rings is 2. The maximum absolute atomic E-state index is 16.1. The van der Waals surface area contributed by atoms with Crippen LogP contribution in [0.4, 0.5) is 10.2 Å². The van der Waals surface area contributed by atoms with Crippen molar-refractivity contribution in [2.45, 2.75) is 39.8 Å². The van der Waals surface area contributed by atoms with Gasteiger partial charge in [-0.1, -0.05) is 42.0 Å². The highest BCUT2D eigenvalue weighted by Gasteiger charge is 2.25. The zero-order valence-corrected chi connectivity index (χ0v) is 25.3. The molecule has 0 bridgehead atoms. The molecule has 10 heteroatoms. The summed E-state index contributed by atoms with van der Waals surface area (Å²) in [5.41, 5.74) is 16.4. The number of nitrogens with zero attached hydrogens (tertiary/aromatic N) is 4. The van der Waals surface area contributed by atoms with Gasteiger partial charge in [-0.25, -0.2) is 9.37 Å². The molecule has 1 aliphatic rings. The maximum Gasteiger partial charge on any atom is 0.254 e. The van der Waals surface area contributed by atoms with Crippen LogP contribution in [-0.2, 0) is 17.8 Å². The maximum atomic E-state index is 16.1. The van der Waals surface area contributed by atoms with Crippen molar-refractivity contribution < 1.29 is 13.9 Å². The first-order valence-electron chi connectivity index (χ1n) is 15.0. The summed E-state index contributed by atoms with van der Waals surface area (Å²) in [6.45, 7) is 6.43. The first kappa shape index (κ1) is 30.0. The number of hydrogen-bond acceptors (Lipinski definition) is 6. The van der Waals surface area contributed by atoms with Crippen molar-refractivity contribution in [3.05, 3.63) is 100 Å². The second kappa shape index (κ2) is 12.5. The second-order valence-corrected chi connectivity index (χ2v) is 11.5. The Morgan fingerprint density at radius 1 is 0.956 bits per heavy atom. The largest absolute Gasteiger partial charge is 0.383 e. The topological polar surface area (TPSA) is 131 Å². The van der Waals surface area contributed by atoms with E-state index in [4.69, 9.17) is 16.2 Å². The van der Waals surface area contributed by atoms with Gasteiger partial charge in [-0.3, -0.25) is 14.3 Å². The fraction of sp³-hybridized carbons (Fsp3) is 0.257. The Labute approximate surface area is 260 Å². The first-order chi connectivity index (χ1) is 21.7. The van der Waals surface area contributed by atoms with Gasteiger partial charge in [0.1, 0.15) is 17.2 Å². The van der Waals surface area contributed by atoms with Crippen LogP contribution in [-0.4, -0.2) is 38.5 Å². The molecule has 45 heavy (non-hydrogen) atoms. The highest BCUT2D eigenvalue weighted by atomic mass is 19.1. The van der Waals surface area contributed by atoms with Crippen LogP contribution < -0.4 is 16.9 Å². The summed E-state index contributed by atoms with van der Waals surface area (Å²) < 4.78 is 25.3. The van der Waals surface area contributed by atoms with Crippen molar-refractivity contribution in [3.8, 4) is 44.6 Å². The van der Waals surface area contributed by atoms with Gasteiger partial charge < -0.3 is 20.8 Å². The molecule has 3 aromatic heterocycles. The number of carbonyl (C=O) groups is 1. The molecule has 0 atom stereocenters. The van der Waals surface area contributed by atoms with E-state index >= 15 is 4.39 Å². The number of rotatable bonds is 8. The van der Waals surface area contributed by atoms with Crippen LogP contribution in [0.25, 0.3) is 44.6 Å². The van der Waals surface area contributed by atoms with E-state index in [1.54, 1.807) is 41.5 Å². The zero-order valence-electron chi connectivity index (χ0n) is 25.3. The number of nitrogens with two attached hydrogens (primary N) is 2. The van der Waals surface area contributed by atoms with Gasteiger partial charge in [0.2, 0.25) is 5.43 Å². The van der Waals surface area contributed by atoms with E-state index in [0.29, 0.717) is 48.6 Å². The molecule has 1 fully saturated rings. The lowest BCUT2D eigenvalue weighted by atomic mass is 9.94. The molecule has 0 spiro atoms. The minimum absolute atomic E-state index is 0.171. The van der Waals surface area contributed by atoms with E-state index in [1.807, 2.05) is 48.9 Å². The third kappa shape index (κ3) is 6.01. The summed E-state index contributed by atoms with van der Waals surface area (Å²) in [6, 6.07) is 13.9. The molecule has 1 saturated heterocycles. The van der Waals surface area contributed by atoms with Crippen molar-refractivity contribution >= 4 is 11.7 Å². The molecule has 4 N–H and O–H groups in total. The number of benzene rings is 2. The number of halogens is 1. The Bertz CT molecular complexity index is 1940. The van der Waals surface area contributed by atoms with Gasteiger partial charge in [0.25, 0.3) is 5.91 Å². The first-order valence-corrected chi connectivity index (χ1v) is 15.0. The molecule has 4 heterocycles. The predicted molar refractivity (Wildman–Crippen MR) is 173 cm³/mol. The van der Waals surface area contributed by atoms with E-state index < -0.39 is 17.2 Å². The molecular formula is C35H35FN6O3.